The Morgan fingerprint density at radius 2 is 2.00 bits per heavy atom. The summed E-state index contributed by atoms with van der Waals surface area (Å²) in [6, 6.07) is 13.6. The van der Waals surface area contributed by atoms with Gasteiger partial charge in [0, 0.05) is 45.0 Å². The number of aromatic nitrogens is 2. The highest BCUT2D eigenvalue weighted by Crippen LogP contribution is 2.30. The number of benzene rings is 2. The first-order chi connectivity index (χ1) is 17.9. The van der Waals surface area contributed by atoms with E-state index in [1.165, 1.54) is 0 Å². The highest BCUT2D eigenvalue weighted by molar-refractivity contribution is 5.43. The number of imidazole rings is 1. The molecule has 0 unspecified atom stereocenters. The van der Waals surface area contributed by atoms with Gasteiger partial charge in [0.05, 0.1) is 19.8 Å². The molecule has 0 bridgehead atoms. The second-order valence-electron chi connectivity index (χ2n) is 9.80. The summed E-state index contributed by atoms with van der Waals surface area (Å²) >= 11 is 0. The zero-order valence-corrected chi connectivity index (χ0v) is 22.1. The number of methoxy groups -OCH3 is 1. The van der Waals surface area contributed by atoms with Crippen LogP contribution in [0.2, 0.25) is 0 Å². The quantitative estimate of drug-likeness (QED) is 0.361. The molecule has 0 aliphatic carbocycles. The lowest BCUT2D eigenvalue weighted by atomic mass is 9.90. The van der Waals surface area contributed by atoms with Crippen LogP contribution >= 0.6 is 0 Å². The molecule has 8 nitrogen and oxygen atoms in total. The summed E-state index contributed by atoms with van der Waals surface area (Å²) in [6.45, 7) is 7.19. The van der Waals surface area contributed by atoms with E-state index in [0.29, 0.717) is 49.9 Å². The lowest BCUT2D eigenvalue weighted by Gasteiger charge is -2.42. The zero-order chi connectivity index (χ0) is 26.3. The molecule has 37 heavy (non-hydrogen) atoms. The van der Waals surface area contributed by atoms with E-state index < -0.39 is 11.7 Å². The van der Waals surface area contributed by atoms with Crippen LogP contribution in [0.3, 0.4) is 0 Å². The van der Waals surface area contributed by atoms with Gasteiger partial charge in [-0.15, -0.1) is 0 Å². The molecule has 1 aliphatic rings. The summed E-state index contributed by atoms with van der Waals surface area (Å²) in [5.41, 5.74) is 0.788. The van der Waals surface area contributed by atoms with Gasteiger partial charge in [0.1, 0.15) is 23.8 Å². The van der Waals surface area contributed by atoms with Gasteiger partial charge in [-0.3, -0.25) is 4.90 Å². The number of aliphatic hydroxyl groups is 2. The van der Waals surface area contributed by atoms with E-state index in [4.69, 9.17) is 14.2 Å². The first kappa shape index (κ1) is 27.0. The number of rotatable bonds is 12. The summed E-state index contributed by atoms with van der Waals surface area (Å²) in [5.74, 6) is 3.17. The molecule has 8 heteroatoms. The van der Waals surface area contributed by atoms with E-state index in [9.17, 15) is 10.2 Å². The standard InChI is InChI=1S/C29H39N3O5/c1-4-28-30-12-15-32(28)13-6-16-36-25-10-9-23(18-26(25)35-3)19-31-14-11-27(33)29(34,20-31)21-37-24-8-5-7-22(2)17-24/h5,7-10,12,15,17-18,27,33-34H,4,6,11,13-14,16,19-21H2,1-3H3/t27-,29-/m0/s1. The van der Waals surface area contributed by atoms with E-state index in [-0.39, 0.29) is 6.61 Å². The fourth-order valence-electron chi connectivity index (χ4n) is 4.80. The maximum absolute atomic E-state index is 11.2. The predicted molar refractivity (Wildman–Crippen MR) is 142 cm³/mol. The molecule has 1 fully saturated rings. The minimum absolute atomic E-state index is 0.0308. The minimum atomic E-state index is -1.35. The van der Waals surface area contributed by atoms with E-state index >= 15 is 0 Å². The van der Waals surface area contributed by atoms with E-state index in [0.717, 1.165) is 36.3 Å². The average Bonchev–Trinajstić information content (AvgIpc) is 3.36. The van der Waals surface area contributed by atoms with E-state index in [1.807, 2.05) is 61.8 Å². The van der Waals surface area contributed by atoms with Crippen LogP contribution in [0.4, 0.5) is 0 Å². The Morgan fingerprint density at radius 3 is 2.78 bits per heavy atom. The molecule has 1 aromatic heterocycles. The molecule has 0 amide bonds. The third-order valence-corrected chi connectivity index (χ3v) is 6.87. The molecule has 2 aromatic carbocycles. The van der Waals surface area contributed by atoms with Crippen molar-refractivity contribution in [2.75, 3.05) is 33.4 Å². The number of likely N-dealkylation sites (tertiary alicyclic amines) is 1. The van der Waals surface area contributed by atoms with Crippen LogP contribution in [0.15, 0.2) is 54.9 Å². The zero-order valence-electron chi connectivity index (χ0n) is 22.1. The van der Waals surface area contributed by atoms with Crippen LogP contribution in [-0.2, 0) is 19.5 Å². The summed E-state index contributed by atoms with van der Waals surface area (Å²) in [4.78, 5) is 6.50. The maximum atomic E-state index is 11.2. The molecule has 3 aromatic rings. The molecule has 1 aliphatic heterocycles. The van der Waals surface area contributed by atoms with Crippen molar-refractivity contribution in [3.8, 4) is 17.2 Å². The Hall–Kier alpha value is -3.07. The molecule has 1 saturated heterocycles. The first-order valence-electron chi connectivity index (χ1n) is 13.0. The van der Waals surface area contributed by atoms with Crippen LogP contribution in [0.25, 0.3) is 0 Å². The monoisotopic (exact) mass is 509 g/mol. The molecule has 2 N–H and O–H groups in total. The first-order valence-corrected chi connectivity index (χ1v) is 13.0. The number of hydrogen-bond donors (Lipinski definition) is 2. The lowest BCUT2D eigenvalue weighted by molar-refractivity contribution is -0.140. The molecule has 4 rings (SSSR count). The Kier molecular flexibility index (Phi) is 9.08. The largest absolute Gasteiger partial charge is 0.493 e. The van der Waals surface area contributed by atoms with Gasteiger partial charge in [-0.25, -0.2) is 4.98 Å². The average molecular weight is 510 g/mol. The molecule has 200 valence electrons. The van der Waals surface area contributed by atoms with Gasteiger partial charge in [0.15, 0.2) is 11.5 Å². The summed E-state index contributed by atoms with van der Waals surface area (Å²) in [6.07, 6.45) is 5.26. The summed E-state index contributed by atoms with van der Waals surface area (Å²) < 4.78 is 19.6. The Morgan fingerprint density at radius 1 is 1.14 bits per heavy atom. The molecule has 2 atom stereocenters. The van der Waals surface area contributed by atoms with Crippen molar-refractivity contribution in [3.63, 3.8) is 0 Å². The number of β-amino-alcohol motifs (C(OH)–C–C–N with tert-alkyl or cyclic N) is 1. The number of ether oxygens (including phenoxy) is 3. The van der Waals surface area contributed by atoms with Crippen LogP contribution < -0.4 is 14.2 Å². The van der Waals surface area contributed by atoms with Crippen molar-refractivity contribution < 1.29 is 24.4 Å². The fraction of sp³-hybridized carbons (Fsp3) is 0.483. The van der Waals surface area contributed by atoms with Gasteiger partial charge in [0.2, 0.25) is 0 Å². The van der Waals surface area contributed by atoms with Crippen LogP contribution in [0.1, 0.15) is 36.7 Å². The van der Waals surface area contributed by atoms with Gasteiger partial charge in [0.25, 0.3) is 0 Å². The third-order valence-electron chi connectivity index (χ3n) is 6.87. The molecular weight excluding hydrogens is 470 g/mol. The topological polar surface area (TPSA) is 89.2 Å². The van der Waals surface area contributed by atoms with Crippen molar-refractivity contribution in [3.05, 3.63) is 71.8 Å². The Balaban J connectivity index is 1.31. The van der Waals surface area contributed by atoms with Gasteiger partial charge in [-0.05, 0) is 55.2 Å². The van der Waals surface area contributed by atoms with Gasteiger partial charge >= 0.3 is 0 Å². The van der Waals surface area contributed by atoms with Gasteiger partial charge < -0.3 is 29.0 Å². The predicted octanol–water partition coefficient (Wildman–Crippen LogP) is 3.61. The molecule has 2 heterocycles. The second-order valence-corrected chi connectivity index (χ2v) is 9.80. The third kappa shape index (κ3) is 7.03. The molecule has 0 saturated carbocycles. The normalized spacial score (nSPS) is 20.1. The lowest BCUT2D eigenvalue weighted by Crippen LogP contribution is -2.59. The van der Waals surface area contributed by atoms with E-state index in [1.54, 1.807) is 7.11 Å². The maximum Gasteiger partial charge on any atom is 0.161 e. The number of piperidine rings is 1. The van der Waals surface area contributed by atoms with Crippen molar-refractivity contribution in [2.45, 2.75) is 57.9 Å². The molecular formula is C29H39N3O5. The fourth-order valence-corrected chi connectivity index (χ4v) is 4.80. The Labute approximate surface area is 219 Å². The summed E-state index contributed by atoms with van der Waals surface area (Å²) in [7, 11) is 1.64. The molecule has 0 radical (unpaired) electrons. The van der Waals surface area contributed by atoms with E-state index in [2.05, 4.69) is 21.4 Å². The highest BCUT2D eigenvalue weighted by Gasteiger charge is 2.42. The van der Waals surface area contributed by atoms with Crippen molar-refractivity contribution >= 4 is 0 Å². The molecule has 0 spiro atoms. The highest BCUT2D eigenvalue weighted by atomic mass is 16.5. The number of aliphatic hydroxyl groups excluding tert-OH is 1. The Bertz CT molecular complexity index is 1150. The summed E-state index contributed by atoms with van der Waals surface area (Å²) in [5, 5.41) is 21.8. The SMILES string of the molecule is CCc1nccn1CCCOc1ccc(CN2CC[C@H](O)[C@@](O)(COc3cccc(C)c3)C2)cc1OC. The number of aryl methyl sites for hydroxylation is 3. The van der Waals surface area contributed by atoms with Crippen molar-refractivity contribution in [1.82, 2.24) is 14.5 Å². The van der Waals surface area contributed by atoms with Crippen LogP contribution in [0, 0.1) is 6.92 Å². The van der Waals surface area contributed by atoms with Gasteiger partial charge in [-0.1, -0.05) is 25.1 Å². The van der Waals surface area contributed by atoms with Crippen LogP contribution in [0.5, 0.6) is 17.2 Å². The number of hydrogen-bond acceptors (Lipinski definition) is 7. The van der Waals surface area contributed by atoms with Crippen molar-refractivity contribution in [1.29, 1.82) is 0 Å². The smallest absolute Gasteiger partial charge is 0.161 e. The van der Waals surface area contributed by atoms with Gasteiger partial charge in [-0.2, -0.15) is 0 Å². The second kappa shape index (κ2) is 12.4. The van der Waals surface area contributed by atoms with Crippen LogP contribution in [-0.4, -0.2) is 69.8 Å². The number of nitrogens with zero attached hydrogens (tertiary/aromatic N) is 3. The minimum Gasteiger partial charge on any atom is -0.493 e. The van der Waals surface area contributed by atoms with Crippen molar-refractivity contribution in [2.24, 2.45) is 0 Å².